The Labute approximate surface area is 155 Å². The summed E-state index contributed by atoms with van der Waals surface area (Å²) in [5.74, 6) is -0.150. The van der Waals surface area contributed by atoms with Gasteiger partial charge < -0.3 is 10.6 Å². The number of anilines is 2. The first-order valence-corrected chi connectivity index (χ1v) is 9.27. The summed E-state index contributed by atoms with van der Waals surface area (Å²) in [5, 5.41) is 8.04. The molecule has 1 aliphatic rings. The number of rotatable bonds is 6. The molecule has 0 unspecified atom stereocenters. The number of carbonyl (C=O) groups excluding carboxylic acids is 3. The molecule has 0 bridgehead atoms. The molecule has 2 N–H and O–H groups in total. The summed E-state index contributed by atoms with van der Waals surface area (Å²) in [4.78, 5) is 40.9. The molecule has 2 aromatic rings. The molecule has 3 rings (SSSR count). The third-order valence-electron chi connectivity index (χ3n) is 3.95. The molecule has 0 spiro atoms. The van der Waals surface area contributed by atoms with Crippen molar-refractivity contribution in [3.8, 4) is 0 Å². The molecule has 0 atom stereocenters. The number of carbonyl (C=O) groups is 3. The van der Waals surface area contributed by atoms with Crippen molar-refractivity contribution in [2.24, 2.45) is 0 Å². The maximum Gasteiger partial charge on any atom is 0.228 e. The van der Waals surface area contributed by atoms with Crippen molar-refractivity contribution in [2.75, 3.05) is 16.8 Å². The van der Waals surface area contributed by atoms with Crippen molar-refractivity contribution in [1.29, 1.82) is 0 Å². The van der Waals surface area contributed by atoms with Gasteiger partial charge in [-0.25, -0.2) is 4.98 Å². The standard InChI is InChI=1S/C18H20N4O3S/c1-12(23)20-14-6-4-13(5-7-14)10-19-16(24)9-15-11-26-18(21-15)22-8-2-3-17(22)25/h4-7,11H,2-3,8-10H2,1H3,(H,19,24)(H,20,23). The van der Waals surface area contributed by atoms with E-state index in [-0.39, 0.29) is 24.1 Å². The minimum Gasteiger partial charge on any atom is -0.352 e. The first kappa shape index (κ1) is 18.1. The Hall–Kier alpha value is -2.74. The third-order valence-corrected chi connectivity index (χ3v) is 4.86. The highest BCUT2D eigenvalue weighted by atomic mass is 32.1. The zero-order valence-electron chi connectivity index (χ0n) is 14.4. The number of amides is 3. The fourth-order valence-electron chi connectivity index (χ4n) is 2.69. The lowest BCUT2D eigenvalue weighted by atomic mass is 10.2. The fraction of sp³-hybridized carbons (Fsp3) is 0.333. The number of hydrogen-bond donors (Lipinski definition) is 2. The van der Waals surface area contributed by atoms with E-state index < -0.39 is 0 Å². The fourth-order valence-corrected chi connectivity index (χ4v) is 3.56. The molecule has 1 saturated heterocycles. The van der Waals surface area contributed by atoms with Gasteiger partial charge in [0, 0.05) is 37.5 Å². The highest BCUT2D eigenvalue weighted by Gasteiger charge is 2.24. The van der Waals surface area contributed by atoms with Crippen molar-refractivity contribution in [1.82, 2.24) is 10.3 Å². The van der Waals surface area contributed by atoms with E-state index in [0.717, 1.165) is 17.7 Å². The molecule has 2 heterocycles. The van der Waals surface area contributed by atoms with Crippen LogP contribution in [0.3, 0.4) is 0 Å². The lowest BCUT2D eigenvalue weighted by Crippen LogP contribution is -2.25. The Morgan fingerprint density at radius 1 is 1.27 bits per heavy atom. The zero-order chi connectivity index (χ0) is 18.5. The third kappa shape index (κ3) is 4.66. The monoisotopic (exact) mass is 372 g/mol. The number of aromatic nitrogens is 1. The van der Waals surface area contributed by atoms with Crippen LogP contribution in [0.5, 0.6) is 0 Å². The van der Waals surface area contributed by atoms with Gasteiger partial charge in [0.05, 0.1) is 12.1 Å². The molecule has 0 radical (unpaired) electrons. The van der Waals surface area contributed by atoms with Gasteiger partial charge in [0.15, 0.2) is 5.13 Å². The lowest BCUT2D eigenvalue weighted by molar-refractivity contribution is -0.120. The molecule has 1 fully saturated rings. The highest BCUT2D eigenvalue weighted by Crippen LogP contribution is 2.25. The summed E-state index contributed by atoms with van der Waals surface area (Å²) in [6.07, 6.45) is 1.60. The number of benzene rings is 1. The quantitative estimate of drug-likeness (QED) is 0.812. The van der Waals surface area contributed by atoms with Gasteiger partial charge in [0.25, 0.3) is 0 Å². The normalized spacial score (nSPS) is 13.7. The molecule has 3 amide bonds. The summed E-state index contributed by atoms with van der Waals surface area (Å²) in [6, 6.07) is 7.29. The number of nitrogens with zero attached hydrogens (tertiary/aromatic N) is 2. The van der Waals surface area contributed by atoms with E-state index in [2.05, 4.69) is 15.6 Å². The Kier molecular flexibility index (Phi) is 5.62. The molecule has 0 saturated carbocycles. The van der Waals surface area contributed by atoms with E-state index in [1.54, 1.807) is 17.0 Å². The van der Waals surface area contributed by atoms with Crippen LogP contribution in [-0.4, -0.2) is 29.3 Å². The molecular weight excluding hydrogens is 352 g/mol. The van der Waals surface area contributed by atoms with Crippen LogP contribution < -0.4 is 15.5 Å². The molecule has 1 aliphatic heterocycles. The first-order valence-electron chi connectivity index (χ1n) is 8.39. The second kappa shape index (κ2) is 8.09. The predicted molar refractivity (Wildman–Crippen MR) is 100.0 cm³/mol. The van der Waals surface area contributed by atoms with Crippen LogP contribution in [0.15, 0.2) is 29.6 Å². The minimum absolute atomic E-state index is 0.0954. The van der Waals surface area contributed by atoms with Gasteiger partial charge in [0.2, 0.25) is 17.7 Å². The molecule has 1 aromatic carbocycles. The number of thiazole rings is 1. The Bertz CT molecular complexity index is 816. The molecule has 26 heavy (non-hydrogen) atoms. The number of hydrogen-bond acceptors (Lipinski definition) is 5. The maximum atomic E-state index is 12.1. The van der Waals surface area contributed by atoms with Crippen molar-refractivity contribution in [3.63, 3.8) is 0 Å². The average Bonchev–Trinajstić information content (AvgIpc) is 3.22. The predicted octanol–water partition coefficient (Wildman–Crippen LogP) is 2.09. The SMILES string of the molecule is CC(=O)Nc1ccc(CNC(=O)Cc2csc(N3CCCC3=O)n2)cc1. The van der Waals surface area contributed by atoms with E-state index in [4.69, 9.17) is 0 Å². The van der Waals surface area contributed by atoms with Gasteiger partial charge >= 0.3 is 0 Å². The Balaban J connectivity index is 1.49. The summed E-state index contributed by atoms with van der Waals surface area (Å²) in [5.41, 5.74) is 2.33. The Morgan fingerprint density at radius 2 is 2.04 bits per heavy atom. The second-order valence-corrected chi connectivity index (χ2v) is 6.94. The van der Waals surface area contributed by atoms with E-state index in [0.29, 0.717) is 30.3 Å². The minimum atomic E-state index is -0.125. The van der Waals surface area contributed by atoms with Crippen molar-refractivity contribution < 1.29 is 14.4 Å². The highest BCUT2D eigenvalue weighted by molar-refractivity contribution is 7.14. The molecule has 136 valence electrons. The van der Waals surface area contributed by atoms with Crippen molar-refractivity contribution >= 4 is 39.9 Å². The molecule has 8 heteroatoms. The lowest BCUT2D eigenvalue weighted by Gasteiger charge is -2.10. The summed E-state index contributed by atoms with van der Waals surface area (Å²) in [6.45, 7) is 2.56. The zero-order valence-corrected chi connectivity index (χ0v) is 15.3. The van der Waals surface area contributed by atoms with Crippen LogP contribution in [0.1, 0.15) is 31.0 Å². The van der Waals surface area contributed by atoms with Crippen LogP contribution in [0.25, 0.3) is 0 Å². The summed E-state index contributed by atoms with van der Waals surface area (Å²) >= 11 is 1.39. The van der Waals surface area contributed by atoms with Gasteiger partial charge in [0.1, 0.15) is 0 Å². The molecular formula is C18H20N4O3S. The smallest absolute Gasteiger partial charge is 0.228 e. The average molecular weight is 372 g/mol. The van der Waals surface area contributed by atoms with Gasteiger partial charge in [-0.15, -0.1) is 11.3 Å². The van der Waals surface area contributed by atoms with E-state index >= 15 is 0 Å². The van der Waals surface area contributed by atoms with Crippen LogP contribution in [0.2, 0.25) is 0 Å². The summed E-state index contributed by atoms with van der Waals surface area (Å²) < 4.78 is 0. The largest absolute Gasteiger partial charge is 0.352 e. The van der Waals surface area contributed by atoms with E-state index in [1.807, 2.05) is 17.5 Å². The van der Waals surface area contributed by atoms with Gasteiger partial charge in [-0.2, -0.15) is 0 Å². The van der Waals surface area contributed by atoms with Crippen LogP contribution in [0.4, 0.5) is 10.8 Å². The topological polar surface area (TPSA) is 91.4 Å². The van der Waals surface area contributed by atoms with Gasteiger partial charge in [-0.05, 0) is 24.1 Å². The van der Waals surface area contributed by atoms with Gasteiger partial charge in [-0.3, -0.25) is 19.3 Å². The second-order valence-electron chi connectivity index (χ2n) is 6.10. The first-order chi connectivity index (χ1) is 12.5. The van der Waals surface area contributed by atoms with Crippen molar-refractivity contribution in [3.05, 3.63) is 40.9 Å². The van der Waals surface area contributed by atoms with Crippen molar-refractivity contribution in [2.45, 2.75) is 32.7 Å². The summed E-state index contributed by atoms with van der Waals surface area (Å²) in [7, 11) is 0. The van der Waals surface area contributed by atoms with Crippen LogP contribution >= 0.6 is 11.3 Å². The Morgan fingerprint density at radius 3 is 2.69 bits per heavy atom. The maximum absolute atomic E-state index is 12.1. The molecule has 0 aliphatic carbocycles. The van der Waals surface area contributed by atoms with Crippen LogP contribution in [-0.2, 0) is 27.3 Å². The molecule has 1 aromatic heterocycles. The van der Waals surface area contributed by atoms with E-state index in [1.165, 1.54) is 18.3 Å². The van der Waals surface area contributed by atoms with E-state index in [9.17, 15) is 14.4 Å². The molecule has 7 nitrogen and oxygen atoms in total. The number of nitrogens with one attached hydrogen (secondary N) is 2. The van der Waals surface area contributed by atoms with Crippen LogP contribution in [0, 0.1) is 0 Å². The van der Waals surface area contributed by atoms with Gasteiger partial charge in [-0.1, -0.05) is 12.1 Å².